The molecule has 6 nitrogen and oxygen atoms in total. The summed E-state index contributed by atoms with van der Waals surface area (Å²) in [5.41, 5.74) is 2.05. The average molecular weight is 535 g/mol. The van der Waals surface area contributed by atoms with E-state index in [2.05, 4.69) is 21.2 Å². The van der Waals surface area contributed by atoms with Gasteiger partial charge in [0.25, 0.3) is 5.91 Å². The molecule has 3 rings (SSSR count). The Hall–Kier alpha value is -2.91. The van der Waals surface area contributed by atoms with Crippen LogP contribution in [0, 0.1) is 5.82 Å². The van der Waals surface area contributed by atoms with Crippen molar-refractivity contribution in [1.82, 2.24) is 5.32 Å². The molecule has 0 bridgehead atoms. The molecule has 0 fully saturated rings. The molecule has 174 valence electrons. The van der Waals surface area contributed by atoms with E-state index in [0.29, 0.717) is 17.0 Å². The Kier molecular flexibility index (Phi) is 8.10. The van der Waals surface area contributed by atoms with Crippen molar-refractivity contribution < 1.29 is 22.3 Å². The van der Waals surface area contributed by atoms with Crippen molar-refractivity contribution in [1.29, 1.82) is 0 Å². The quantitative estimate of drug-likeness (QED) is 0.427. The van der Waals surface area contributed by atoms with Crippen LogP contribution in [0.3, 0.4) is 0 Å². The van der Waals surface area contributed by atoms with Gasteiger partial charge in [-0.05, 0) is 66.6 Å². The number of anilines is 1. The van der Waals surface area contributed by atoms with Gasteiger partial charge in [-0.25, -0.2) is 12.8 Å². The second-order valence-electron chi connectivity index (χ2n) is 7.52. The van der Waals surface area contributed by atoms with Gasteiger partial charge in [-0.1, -0.05) is 40.2 Å². The van der Waals surface area contributed by atoms with E-state index in [1.165, 1.54) is 16.4 Å². The number of carbonyl (C=O) groups excluding carboxylic acids is 1. The molecule has 0 aliphatic heterocycles. The van der Waals surface area contributed by atoms with Crippen LogP contribution < -0.4 is 14.4 Å². The summed E-state index contributed by atoms with van der Waals surface area (Å²) in [6, 6.07) is 19.5. The van der Waals surface area contributed by atoms with E-state index < -0.39 is 10.0 Å². The fourth-order valence-corrected chi connectivity index (χ4v) is 4.46. The van der Waals surface area contributed by atoms with Crippen molar-refractivity contribution in [2.24, 2.45) is 0 Å². The molecule has 3 aromatic rings. The van der Waals surface area contributed by atoms with Gasteiger partial charge in [0, 0.05) is 4.47 Å². The maximum atomic E-state index is 13.2. The molecule has 0 heterocycles. The third-order valence-electron chi connectivity index (χ3n) is 4.86. The lowest BCUT2D eigenvalue weighted by atomic mass is 10.1. The van der Waals surface area contributed by atoms with Crippen molar-refractivity contribution in [3.63, 3.8) is 0 Å². The second-order valence-corrected chi connectivity index (χ2v) is 10.3. The maximum absolute atomic E-state index is 13.2. The molecule has 3 aromatic carbocycles. The molecule has 0 saturated heterocycles. The molecular formula is C24H24BrFN2O4S. The Balaban J connectivity index is 1.61. The fourth-order valence-electron chi connectivity index (χ4n) is 3.16. The van der Waals surface area contributed by atoms with Crippen LogP contribution >= 0.6 is 15.9 Å². The van der Waals surface area contributed by atoms with Crippen LogP contribution in [-0.4, -0.2) is 27.2 Å². The third-order valence-corrected chi connectivity index (χ3v) is 6.49. The van der Waals surface area contributed by atoms with Crippen LogP contribution in [0.1, 0.15) is 24.1 Å². The lowest BCUT2D eigenvalue weighted by Crippen LogP contribution is -2.31. The molecule has 0 aliphatic rings. The minimum atomic E-state index is -3.58. The van der Waals surface area contributed by atoms with E-state index in [9.17, 15) is 17.6 Å². The van der Waals surface area contributed by atoms with E-state index >= 15 is 0 Å². The average Bonchev–Trinajstić information content (AvgIpc) is 2.77. The van der Waals surface area contributed by atoms with Crippen molar-refractivity contribution in [3.05, 3.63) is 94.2 Å². The first-order valence-electron chi connectivity index (χ1n) is 10.1. The summed E-state index contributed by atoms with van der Waals surface area (Å²) < 4.78 is 45.5. The zero-order valence-corrected chi connectivity index (χ0v) is 20.6. The number of carbonyl (C=O) groups is 1. The number of benzene rings is 3. The molecule has 0 spiro atoms. The van der Waals surface area contributed by atoms with Crippen LogP contribution in [0.15, 0.2) is 77.3 Å². The lowest BCUT2D eigenvalue weighted by Gasteiger charge is -2.23. The summed E-state index contributed by atoms with van der Waals surface area (Å²) in [4.78, 5) is 12.3. The third kappa shape index (κ3) is 7.30. The van der Waals surface area contributed by atoms with E-state index in [-0.39, 0.29) is 30.9 Å². The maximum Gasteiger partial charge on any atom is 0.258 e. The topological polar surface area (TPSA) is 75.7 Å². The number of sulfonamides is 1. The van der Waals surface area contributed by atoms with E-state index in [1.54, 1.807) is 36.4 Å². The molecule has 33 heavy (non-hydrogen) atoms. The molecule has 1 amide bonds. The number of halogens is 2. The highest BCUT2D eigenvalue weighted by atomic mass is 79.9. The summed E-state index contributed by atoms with van der Waals surface area (Å²) in [5, 5.41) is 2.88. The number of rotatable bonds is 9. The molecular weight excluding hydrogens is 511 g/mol. The molecule has 0 aliphatic carbocycles. The van der Waals surface area contributed by atoms with Crippen LogP contribution in [0.5, 0.6) is 5.75 Å². The Labute approximate surface area is 201 Å². The zero-order valence-electron chi connectivity index (χ0n) is 18.2. The van der Waals surface area contributed by atoms with Gasteiger partial charge in [0.05, 0.1) is 24.5 Å². The smallest absolute Gasteiger partial charge is 0.258 e. The molecule has 0 aromatic heterocycles. The Morgan fingerprint density at radius 2 is 1.76 bits per heavy atom. The number of amides is 1. The summed E-state index contributed by atoms with van der Waals surface area (Å²) >= 11 is 3.41. The number of ether oxygens (including phenoxy) is 1. The zero-order chi connectivity index (χ0) is 24.0. The highest BCUT2D eigenvalue weighted by Crippen LogP contribution is 2.24. The first kappa shape index (κ1) is 24.7. The number of nitrogens with zero attached hydrogens (tertiary/aromatic N) is 1. The highest BCUT2D eigenvalue weighted by molar-refractivity contribution is 9.10. The van der Waals surface area contributed by atoms with Crippen LogP contribution in [0.2, 0.25) is 0 Å². The van der Waals surface area contributed by atoms with Crippen LogP contribution in [-0.2, 0) is 21.4 Å². The minimum Gasteiger partial charge on any atom is -0.484 e. The minimum absolute atomic E-state index is 0.0647. The van der Waals surface area contributed by atoms with Gasteiger partial charge < -0.3 is 10.1 Å². The number of hydrogen-bond acceptors (Lipinski definition) is 4. The molecule has 1 N–H and O–H groups in total. The van der Waals surface area contributed by atoms with Gasteiger partial charge in [0.15, 0.2) is 6.61 Å². The van der Waals surface area contributed by atoms with Gasteiger partial charge in [0.1, 0.15) is 11.6 Å². The van der Waals surface area contributed by atoms with Crippen molar-refractivity contribution in [3.8, 4) is 5.75 Å². The first-order chi connectivity index (χ1) is 15.6. The normalized spacial score (nSPS) is 12.1. The van der Waals surface area contributed by atoms with E-state index in [4.69, 9.17) is 4.74 Å². The Bertz CT molecular complexity index is 1200. The summed E-state index contributed by atoms with van der Waals surface area (Å²) in [6.45, 7) is 1.77. The molecule has 0 saturated carbocycles. The van der Waals surface area contributed by atoms with Gasteiger partial charge in [0.2, 0.25) is 10.0 Å². The van der Waals surface area contributed by atoms with E-state index in [1.807, 2.05) is 31.2 Å². The predicted octanol–water partition coefficient (Wildman–Crippen LogP) is 4.81. The fraction of sp³-hybridized carbons (Fsp3) is 0.208. The summed E-state index contributed by atoms with van der Waals surface area (Å²) in [5.74, 6) is -0.235. The number of hydrogen-bond donors (Lipinski definition) is 1. The van der Waals surface area contributed by atoms with Crippen molar-refractivity contribution in [2.75, 3.05) is 17.2 Å². The van der Waals surface area contributed by atoms with Gasteiger partial charge >= 0.3 is 0 Å². The Morgan fingerprint density at radius 3 is 2.36 bits per heavy atom. The Morgan fingerprint density at radius 1 is 1.09 bits per heavy atom. The number of nitrogens with one attached hydrogen (secondary N) is 1. The molecule has 0 radical (unpaired) electrons. The van der Waals surface area contributed by atoms with Gasteiger partial charge in [-0.2, -0.15) is 0 Å². The monoisotopic (exact) mass is 534 g/mol. The molecule has 1 atom stereocenters. The van der Waals surface area contributed by atoms with Gasteiger partial charge in [-0.15, -0.1) is 0 Å². The van der Waals surface area contributed by atoms with Crippen LogP contribution in [0.25, 0.3) is 0 Å². The standard InChI is InChI=1S/C24H24BrFN2O4S/c1-17(19-4-3-5-20(25)14-19)27-24(29)16-32-23-12-10-22(11-13-23)28(33(2,30)31)15-18-6-8-21(26)9-7-18/h3-14,17H,15-16H2,1-2H3,(H,27,29)/t17-/m1/s1. The van der Waals surface area contributed by atoms with E-state index in [0.717, 1.165) is 16.3 Å². The lowest BCUT2D eigenvalue weighted by molar-refractivity contribution is -0.123. The first-order valence-corrected chi connectivity index (χ1v) is 12.8. The SMILES string of the molecule is C[C@@H](NC(=O)COc1ccc(N(Cc2ccc(F)cc2)S(C)(=O)=O)cc1)c1cccc(Br)c1. The molecule has 9 heteroatoms. The highest BCUT2D eigenvalue weighted by Gasteiger charge is 2.18. The largest absolute Gasteiger partial charge is 0.484 e. The summed E-state index contributed by atoms with van der Waals surface area (Å²) in [7, 11) is -3.58. The van der Waals surface area contributed by atoms with Crippen LogP contribution in [0.4, 0.5) is 10.1 Å². The van der Waals surface area contributed by atoms with Gasteiger partial charge in [-0.3, -0.25) is 9.10 Å². The summed E-state index contributed by atoms with van der Waals surface area (Å²) in [6.07, 6.45) is 1.11. The molecule has 0 unspecified atom stereocenters. The van der Waals surface area contributed by atoms with Crippen molar-refractivity contribution >= 4 is 37.5 Å². The second kappa shape index (κ2) is 10.8. The van der Waals surface area contributed by atoms with Crippen molar-refractivity contribution in [2.45, 2.75) is 19.5 Å². The predicted molar refractivity (Wildman–Crippen MR) is 130 cm³/mol.